The lowest BCUT2D eigenvalue weighted by Gasteiger charge is -2.27. The molecule has 182 valence electrons. The average Bonchev–Trinajstić information content (AvgIpc) is 3.44. The van der Waals surface area contributed by atoms with Crippen molar-refractivity contribution in [2.45, 2.75) is 19.9 Å². The number of hydrogen-bond donors (Lipinski definition) is 2. The number of rotatable bonds is 6. The fraction of sp³-hybridized carbons (Fsp3) is 0.179. The van der Waals surface area contributed by atoms with E-state index in [1.54, 1.807) is 54.3 Å². The summed E-state index contributed by atoms with van der Waals surface area (Å²) in [5.74, 6) is -0.377. The van der Waals surface area contributed by atoms with E-state index in [-0.39, 0.29) is 18.3 Å². The molecule has 1 aliphatic rings. The Kier molecular flexibility index (Phi) is 5.93. The number of benzene rings is 3. The number of nitrogens with one attached hydrogen (secondary N) is 1. The molecule has 0 unspecified atom stereocenters. The third-order valence-electron chi connectivity index (χ3n) is 6.27. The van der Waals surface area contributed by atoms with E-state index in [0.29, 0.717) is 28.4 Å². The lowest BCUT2D eigenvalue weighted by Crippen LogP contribution is -2.29. The Hall–Kier alpha value is -4.59. The Bertz CT molecular complexity index is 1440. The van der Waals surface area contributed by atoms with Gasteiger partial charge in [-0.15, -0.1) is 0 Å². The largest absolute Gasteiger partial charge is 0.504 e. The van der Waals surface area contributed by atoms with Crippen molar-refractivity contribution in [3.8, 4) is 22.8 Å². The van der Waals surface area contributed by atoms with Gasteiger partial charge in [0, 0.05) is 16.8 Å². The van der Waals surface area contributed by atoms with Gasteiger partial charge in [-0.1, -0.05) is 35.9 Å². The first-order valence-corrected chi connectivity index (χ1v) is 11.6. The number of nitrogens with zero attached hydrogens (tertiary/aromatic N) is 2. The quantitative estimate of drug-likeness (QED) is 0.373. The Morgan fingerprint density at radius 1 is 1.08 bits per heavy atom. The number of methoxy groups -OCH3 is 1. The van der Waals surface area contributed by atoms with Crippen LogP contribution in [0.15, 0.2) is 66.7 Å². The zero-order valence-corrected chi connectivity index (χ0v) is 20.1. The van der Waals surface area contributed by atoms with Crippen molar-refractivity contribution >= 4 is 17.6 Å². The minimum absolute atomic E-state index is 0.00193. The Morgan fingerprint density at radius 3 is 2.47 bits per heavy atom. The highest BCUT2D eigenvalue weighted by atomic mass is 16.5. The zero-order chi connectivity index (χ0) is 25.4. The van der Waals surface area contributed by atoms with Crippen LogP contribution in [0.1, 0.15) is 50.5 Å². The molecule has 1 atom stereocenters. The van der Waals surface area contributed by atoms with Gasteiger partial charge in [0.15, 0.2) is 11.5 Å². The van der Waals surface area contributed by atoms with Crippen LogP contribution in [-0.4, -0.2) is 40.9 Å². The van der Waals surface area contributed by atoms with Crippen LogP contribution in [0.4, 0.5) is 5.69 Å². The van der Waals surface area contributed by atoms with E-state index in [1.165, 1.54) is 7.11 Å². The van der Waals surface area contributed by atoms with Gasteiger partial charge in [0.1, 0.15) is 5.69 Å². The zero-order valence-electron chi connectivity index (χ0n) is 20.1. The van der Waals surface area contributed by atoms with E-state index in [2.05, 4.69) is 10.2 Å². The van der Waals surface area contributed by atoms with Gasteiger partial charge in [0.05, 0.1) is 31.0 Å². The van der Waals surface area contributed by atoms with Gasteiger partial charge >= 0.3 is 5.97 Å². The highest BCUT2D eigenvalue weighted by Crippen LogP contribution is 2.46. The van der Waals surface area contributed by atoms with Crippen molar-refractivity contribution in [3.05, 3.63) is 94.7 Å². The molecule has 1 amide bonds. The molecule has 0 aliphatic carbocycles. The van der Waals surface area contributed by atoms with Crippen LogP contribution in [0, 0.1) is 6.92 Å². The SMILES string of the molecule is CCOC(=O)c1ccc(N2C(=O)c3[nH]nc(-c4ccc(C)cc4)c3[C@@H]2c2ccc(O)c(OC)c2)cc1. The molecule has 0 fully saturated rings. The van der Waals surface area contributed by atoms with Gasteiger partial charge in [0.2, 0.25) is 0 Å². The molecule has 4 aromatic rings. The van der Waals surface area contributed by atoms with Crippen LogP contribution in [0.5, 0.6) is 11.5 Å². The summed E-state index contributed by atoms with van der Waals surface area (Å²) in [6.45, 7) is 4.04. The molecule has 1 aliphatic heterocycles. The number of carbonyl (C=O) groups excluding carboxylic acids is 2. The fourth-order valence-corrected chi connectivity index (χ4v) is 4.50. The number of ether oxygens (including phenoxy) is 2. The summed E-state index contributed by atoms with van der Waals surface area (Å²) in [5.41, 5.74) is 5.51. The maximum atomic E-state index is 13.7. The van der Waals surface area contributed by atoms with Crippen LogP contribution in [0.25, 0.3) is 11.3 Å². The first-order valence-electron chi connectivity index (χ1n) is 11.6. The van der Waals surface area contributed by atoms with E-state index in [4.69, 9.17) is 9.47 Å². The molecule has 0 radical (unpaired) electrons. The van der Waals surface area contributed by atoms with E-state index >= 15 is 0 Å². The van der Waals surface area contributed by atoms with E-state index in [9.17, 15) is 14.7 Å². The molecule has 2 N–H and O–H groups in total. The molecular formula is C28H25N3O5. The van der Waals surface area contributed by atoms with Gasteiger partial charge in [-0.05, 0) is 55.8 Å². The molecule has 5 rings (SSSR count). The molecule has 0 spiro atoms. The number of hydrogen-bond acceptors (Lipinski definition) is 6. The maximum absolute atomic E-state index is 13.7. The van der Waals surface area contributed by atoms with E-state index < -0.39 is 12.0 Å². The number of carbonyl (C=O) groups is 2. The van der Waals surface area contributed by atoms with Crippen LogP contribution in [-0.2, 0) is 4.74 Å². The molecular weight excluding hydrogens is 458 g/mol. The fourth-order valence-electron chi connectivity index (χ4n) is 4.50. The summed E-state index contributed by atoms with van der Waals surface area (Å²) in [4.78, 5) is 27.5. The molecule has 3 aromatic carbocycles. The maximum Gasteiger partial charge on any atom is 0.338 e. The Balaban J connectivity index is 1.66. The van der Waals surface area contributed by atoms with E-state index in [1.807, 2.05) is 31.2 Å². The second-order valence-corrected chi connectivity index (χ2v) is 8.50. The lowest BCUT2D eigenvalue weighted by atomic mass is 9.95. The van der Waals surface area contributed by atoms with Gasteiger partial charge in [-0.3, -0.25) is 14.8 Å². The third kappa shape index (κ3) is 3.86. The van der Waals surface area contributed by atoms with Gasteiger partial charge in [-0.25, -0.2) is 4.79 Å². The van der Waals surface area contributed by atoms with Crippen molar-refractivity contribution in [3.63, 3.8) is 0 Å². The number of amides is 1. The van der Waals surface area contributed by atoms with Gasteiger partial charge in [-0.2, -0.15) is 5.10 Å². The minimum atomic E-state index is -0.550. The number of aromatic nitrogens is 2. The molecule has 0 saturated carbocycles. The normalized spacial score (nSPS) is 14.6. The summed E-state index contributed by atoms with van der Waals surface area (Å²) in [6, 6.07) is 19.1. The first-order chi connectivity index (χ1) is 17.4. The summed E-state index contributed by atoms with van der Waals surface area (Å²) in [7, 11) is 1.48. The number of esters is 1. The predicted molar refractivity (Wildman–Crippen MR) is 134 cm³/mol. The molecule has 8 nitrogen and oxygen atoms in total. The average molecular weight is 484 g/mol. The summed E-state index contributed by atoms with van der Waals surface area (Å²) >= 11 is 0. The molecule has 36 heavy (non-hydrogen) atoms. The van der Waals surface area contributed by atoms with Crippen LogP contribution < -0.4 is 9.64 Å². The summed E-state index contributed by atoms with van der Waals surface area (Å²) in [5, 5.41) is 17.6. The van der Waals surface area contributed by atoms with Crippen molar-refractivity contribution in [2.75, 3.05) is 18.6 Å². The number of aryl methyl sites for hydroxylation is 1. The van der Waals surface area contributed by atoms with Crippen LogP contribution in [0.3, 0.4) is 0 Å². The summed E-state index contributed by atoms with van der Waals surface area (Å²) in [6.07, 6.45) is 0. The first kappa shape index (κ1) is 23.2. The Morgan fingerprint density at radius 2 is 1.81 bits per heavy atom. The lowest BCUT2D eigenvalue weighted by molar-refractivity contribution is 0.0526. The smallest absolute Gasteiger partial charge is 0.338 e. The number of anilines is 1. The number of phenols is 1. The number of fused-ring (bicyclic) bond motifs is 1. The second kappa shape index (κ2) is 9.22. The highest BCUT2D eigenvalue weighted by Gasteiger charge is 2.43. The number of aromatic hydroxyl groups is 1. The molecule has 0 bridgehead atoms. The standard InChI is InChI=1S/C28H25N3O5/c1-4-36-28(34)18-9-12-20(13-10-18)31-26(19-11-14-21(32)22(15-19)35-3)23-24(29-30-25(23)27(31)33)17-7-5-16(2)6-8-17/h5-15,26,32H,4H2,1-3H3,(H,29,30)/t26-/m0/s1. The highest BCUT2D eigenvalue weighted by molar-refractivity contribution is 6.12. The second-order valence-electron chi connectivity index (χ2n) is 8.50. The number of H-pyrrole nitrogens is 1. The molecule has 8 heteroatoms. The van der Waals surface area contributed by atoms with Gasteiger partial charge < -0.3 is 14.6 Å². The monoisotopic (exact) mass is 483 g/mol. The molecule has 2 heterocycles. The topological polar surface area (TPSA) is 105 Å². The van der Waals surface area contributed by atoms with Crippen molar-refractivity contribution in [2.24, 2.45) is 0 Å². The third-order valence-corrected chi connectivity index (χ3v) is 6.27. The minimum Gasteiger partial charge on any atom is -0.504 e. The van der Waals surface area contributed by atoms with Crippen LogP contribution in [0.2, 0.25) is 0 Å². The molecule has 1 aromatic heterocycles. The molecule has 0 saturated heterocycles. The van der Waals surface area contributed by atoms with Crippen LogP contribution >= 0.6 is 0 Å². The van der Waals surface area contributed by atoms with Crippen molar-refractivity contribution < 1.29 is 24.2 Å². The predicted octanol–water partition coefficient (Wildman–Crippen LogP) is 5.03. The van der Waals surface area contributed by atoms with Crippen molar-refractivity contribution in [1.82, 2.24) is 10.2 Å². The Labute approximate surface area is 208 Å². The van der Waals surface area contributed by atoms with Crippen molar-refractivity contribution in [1.29, 1.82) is 0 Å². The van der Waals surface area contributed by atoms with E-state index in [0.717, 1.165) is 22.3 Å². The number of aromatic amines is 1. The number of phenolic OH excluding ortho intramolecular Hbond substituents is 1. The van der Waals surface area contributed by atoms with Gasteiger partial charge in [0.25, 0.3) is 5.91 Å². The summed E-state index contributed by atoms with van der Waals surface area (Å²) < 4.78 is 10.4.